The molecule has 10 amide bonds. The Hall–Kier alpha value is -12.8. The molecule has 5 aromatic heterocycles. The number of anilines is 5. The highest BCUT2D eigenvalue weighted by Crippen LogP contribution is 2.53. The summed E-state index contributed by atoms with van der Waals surface area (Å²) in [5.41, 5.74) is 4.63. The third-order valence-corrected chi connectivity index (χ3v) is 24.0. The van der Waals surface area contributed by atoms with Crippen molar-refractivity contribution in [2.75, 3.05) is 92.0 Å². The number of hydrogen-bond donors (Lipinski definition) is 5. The van der Waals surface area contributed by atoms with Gasteiger partial charge in [-0.05, 0) is 238 Å². The van der Waals surface area contributed by atoms with Crippen molar-refractivity contribution in [1.29, 1.82) is 0 Å². The molecule has 1 saturated carbocycles. The summed E-state index contributed by atoms with van der Waals surface area (Å²) in [4.78, 5) is 127. The van der Waals surface area contributed by atoms with Crippen LogP contribution in [-0.4, -0.2) is 169 Å². The van der Waals surface area contributed by atoms with E-state index in [9.17, 15) is 61.1 Å². The van der Waals surface area contributed by atoms with Crippen LogP contribution in [0.3, 0.4) is 0 Å². The van der Waals surface area contributed by atoms with Gasteiger partial charge >= 0.3 is 30.2 Å². The van der Waals surface area contributed by atoms with Crippen molar-refractivity contribution in [3.63, 3.8) is 0 Å². The number of carbonyl (C=O) groups excluding carboxylic acids is 5. The molecule has 6 fully saturated rings. The highest BCUT2D eigenvalue weighted by atomic mass is 35.5. The summed E-state index contributed by atoms with van der Waals surface area (Å²) < 4.78 is 45.1. The number of piperidine rings is 5. The molecule has 0 bridgehead atoms. The molecule has 658 valence electrons. The van der Waals surface area contributed by atoms with E-state index in [2.05, 4.69) is 70.3 Å². The highest BCUT2D eigenvalue weighted by Gasteiger charge is 2.56. The molecule has 0 radical (unpaired) electrons. The molecule has 5 aromatic carbocycles. The first kappa shape index (κ1) is 91.4. The van der Waals surface area contributed by atoms with Crippen LogP contribution in [0.5, 0.6) is 0 Å². The Morgan fingerprint density at radius 2 is 0.608 bits per heavy atom. The lowest BCUT2D eigenvalue weighted by Crippen LogP contribution is -2.41. The van der Waals surface area contributed by atoms with Gasteiger partial charge in [0, 0.05) is 141 Å². The second kappa shape index (κ2) is 43.5. The number of nitrogens with one attached hydrogen (secondary N) is 5. The minimum Gasteiger partial charge on any atom is -0.324 e. The van der Waals surface area contributed by atoms with Crippen LogP contribution < -0.4 is 54.4 Å². The van der Waals surface area contributed by atoms with E-state index >= 15 is 0 Å². The van der Waals surface area contributed by atoms with Crippen LogP contribution in [-0.2, 0) is 67.3 Å². The molecule has 125 heavy (non-hydrogen) atoms. The third kappa shape index (κ3) is 27.1. The van der Waals surface area contributed by atoms with Gasteiger partial charge in [0.25, 0.3) is 27.8 Å². The fourth-order valence-corrected chi connectivity index (χ4v) is 16.4. The van der Waals surface area contributed by atoms with Crippen LogP contribution >= 0.6 is 23.2 Å². The number of likely N-dealkylation sites (tertiary alicyclic amines) is 5. The average molecular weight is 1750 g/mol. The van der Waals surface area contributed by atoms with Crippen LogP contribution in [0.2, 0.25) is 10.0 Å². The smallest absolute Gasteiger partial charge is 0.323 e. The number of hydrogen-bond acceptors (Lipinski definition) is 15. The number of benzene rings is 5. The summed E-state index contributed by atoms with van der Waals surface area (Å²) in [5, 5.41) is 35.3. The van der Waals surface area contributed by atoms with Gasteiger partial charge in [-0.1, -0.05) is 89.9 Å². The third-order valence-electron chi connectivity index (χ3n) is 23.4. The molecule has 5 N–H and O–H groups in total. The predicted molar refractivity (Wildman–Crippen MR) is 472 cm³/mol. The van der Waals surface area contributed by atoms with Crippen molar-refractivity contribution < 1.29 is 37.1 Å². The molecule has 2 unspecified atom stereocenters. The van der Waals surface area contributed by atoms with Crippen molar-refractivity contribution in [2.24, 2.45) is 76.7 Å². The normalized spacial score (nSPS) is 17.0. The summed E-state index contributed by atoms with van der Waals surface area (Å²) in [6.45, 7) is 6.94. The number of amides is 10. The zero-order valence-electron chi connectivity index (χ0n) is 70.3. The second-order valence-corrected chi connectivity index (χ2v) is 33.1. The Bertz CT molecular complexity index is 5380. The van der Waals surface area contributed by atoms with E-state index in [1.54, 1.807) is 64.8 Å². The maximum atomic E-state index is 13.3. The molecule has 16 rings (SSSR count). The average Bonchev–Trinajstić information content (AvgIpc) is 1.58. The van der Waals surface area contributed by atoms with Gasteiger partial charge in [0.1, 0.15) is 17.5 Å². The molecule has 35 heteroatoms. The van der Waals surface area contributed by atoms with Crippen LogP contribution in [0.4, 0.5) is 66.2 Å². The lowest BCUT2D eigenvalue weighted by molar-refractivity contribution is 0.182. The van der Waals surface area contributed by atoms with Gasteiger partial charge in [-0.15, -0.1) is 0 Å². The predicted octanol–water partition coefficient (Wildman–Crippen LogP) is 12.5. The Kier molecular flexibility index (Phi) is 31.8. The first-order valence-corrected chi connectivity index (χ1v) is 42.6. The van der Waals surface area contributed by atoms with Crippen molar-refractivity contribution in [2.45, 2.75) is 83.5 Å². The Morgan fingerprint density at radius 1 is 0.320 bits per heavy atom. The summed E-state index contributed by atoms with van der Waals surface area (Å²) in [6, 6.07) is 49.3. The van der Waals surface area contributed by atoms with Crippen LogP contribution in [0.1, 0.15) is 79.2 Å². The summed E-state index contributed by atoms with van der Waals surface area (Å²) >= 11 is 12.1. The number of carbonyl (C=O) groups is 5. The molecule has 30 nitrogen and oxygen atoms in total. The fraction of sp³-hybridized carbons (Fsp3) is 0.389. The lowest BCUT2D eigenvalue weighted by atomic mass is 9.90. The minimum atomic E-state index is -0.226. The second-order valence-electron chi connectivity index (χ2n) is 32.3. The van der Waals surface area contributed by atoms with E-state index in [-0.39, 0.29) is 75.4 Å². The molecule has 5 aliphatic heterocycles. The van der Waals surface area contributed by atoms with Crippen LogP contribution in [0.25, 0.3) is 0 Å². The van der Waals surface area contributed by atoms with Gasteiger partial charge in [-0.3, -0.25) is 50.6 Å². The quantitative estimate of drug-likeness (QED) is 0.0637. The van der Waals surface area contributed by atoms with Crippen molar-refractivity contribution >= 4 is 82.4 Å². The largest absolute Gasteiger partial charge is 0.324 e. The van der Waals surface area contributed by atoms with E-state index in [4.69, 9.17) is 23.2 Å². The summed E-state index contributed by atoms with van der Waals surface area (Å²) in [6.07, 6.45) is 12.0. The van der Waals surface area contributed by atoms with Crippen LogP contribution in [0, 0.1) is 58.9 Å². The standard InChI is InChI=1S/2C18H21ClN4O2.C18H19FN4O2.2C18H21FN4O2/c1-22-17(24)7-6-16(21-22)20-18(25)23-10-8-14(9-11-23)12-13-2-4-15(19)5-3-13;1-22-17(24)7-6-16(21-22)20-18(25)23-10-8-13(9-11-23)12-14-4-2-3-5-15(14)19;1-22-17(24)7-6-16(21-22)20-18(25)23-9-14-13(15(14)10-23)8-11-2-4-12(19)5-3-11;1-22-17(24)7-6-16(21-22)20-18(25)23-10-8-14(9-11-23)12-13-2-4-15(19)5-3-13;1-22-17(24)6-5-16(21-22)20-18(25)23-9-7-13(8-10-23)11-14-3-2-4-15(19)12-14/h2-7,14H,8-12H2,1H3,(H,20,21,25);2-7,13H,8-12H2,1H3,(H,20,21,25);2-7,13-15H,8-10H2,1H3,(H,20,21,25);2-7,14H,8-12H2,1H3,(H,20,21,25);2-6,12-13H,7-11H2,1H3,(H,20,21,25). The number of rotatable bonds is 15. The molecule has 0 spiro atoms. The van der Waals surface area contributed by atoms with Gasteiger partial charge in [0.05, 0.1) is 0 Å². The van der Waals surface area contributed by atoms with Gasteiger partial charge in [-0.2, -0.15) is 25.5 Å². The van der Waals surface area contributed by atoms with E-state index in [1.165, 1.54) is 133 Å². The Labute approximate surface area is 730 Å². The fourth-order valence-electron chi connectivity index (χ4n) is 16.0. The Balaban J connectivity index is 0.000000142. The molecular weight excluding hydrogens is 1650 g/mol. The summed E-state index contributed by atoms with van der Waals surface area (Å²) in [5.74, 6) is 4.85. The number of aromatic nitrogens is 10. The number of aryl methyl sites for hydroxylation is 5. The van der Waals surface area contributed by atoms with E-state index in [0.717, 1.165) is 136 Å². The van der Waals surface area contributed by atoms with Gasteiger partial charge in [-0.25, -0.2) is 60.6 Å². The highest BCUT2D eigenvalue weighted by molar-refractivity contribution is 6.31. The molecule has 6 aliphatic rings. The number of nitrogens with zero attached hydrogens (tertiary/aromatic N) is 15. The van der Waals surface area contributed by atoms with E-state index in [1.807, 2.05) is 60.7 Å². The maximum absolute atomic E-state index is 13.3. The van der Waals surface area contributed by atoms with Gasteiger partial charge in [0.15, 0.2) is 29.1 Å². The zero-order valence-corrected chi connectivity index (χ0v) is 71.8. The minimum absolute atomic E-state index is 0.170. The van der Waals surface area contributed by atoms with Gasteiger partial charge < -0.3 is 24.5 Å². The number of halogens is 5. The molecule has 1 aliphatic carbocycles. The topological polar surface area (TPSA) is 336 Å². The SMILES string of the molecule is Cn1nc(NC(=O)N2CC3C(Cc4ccc(F)cc4)C3C2)ccc1=O.Cn1nc(NC(=O)N2CCC(Cc3ccc(Cl)cc3)CC2)ccc1=O.Cn1nc(NC(=O)N2CCC(Cc3ccc(F)cc3)CC2)ccc1=O.Cn1nc(NC(=O)N2CCC(Cc3cccc(F)c3)CC2)ccc1=O.Cn1nc(NC(=O)N2CCC(Cc3ccccc3Cl)CC2)ccc1=O. The summed E-state index contributed by atoms with van der Waals surface area (Å²) in [7, 11) is 7.73. The van der Waals surface area contributed by atoms with E-state index < -0.39 is 0 Å². The first-order valence-electron chi connectivity index (χ1n) is 41.8. The monoisotopic (exact) mass is 1750 g/mol. The molecule has 10 aromatic rings. The van der Waals surface area contributed by atoms with Crippen LogP contribution in [0.15, 0.2) is 206 Å². The molecule has 2 atom stereocenters. The Morgan fingerprint density at radius 3 is 0.920 bits per heavy atom. The van der Waals surface area contributed by atoms with Crippen molar-refractivity contribution in [1.82, 2.24) is 73.4 Å². The van der Waals surface area contributed by atoms with Crippen molar-refractivity contribution in [3.8, 4) is 0 Å². The number of urea groups is 5. The first-order chi connectivity index (χ1) is 60.1. The molecular formula is C90H103Cl2F3N20O10. The van der Waals surface area contributed by atoms with Gasteiger partial charge in [0.2, 0.25) is 0 Å². The maximum Gasteiger partial charge on any atom is 0.323 e. The molecule has 10 heterocycles. The number of fused-ring (bicyclic) bond motifs is 1. The van der Waals surface area contributed by atoms with E-state index in [0.29, 0.717) is 110 Å². The van der Waals surface area contributed by atoms with Crippen molar-refractivity contribution in [3.05, 3.63) is 289 Å². The lowest BCUT2D eigenvalue weighted by Gasteiger charge is -2.32. The zero-order chi connectivity index (χ0) is 88.8. The molecule has 5 saturated heterocycles.